The van der Waals surface area contributed by atoms with Gasteiger partial charge in [0.05, 0.1) is 22.6 Å². The summed E-state index contributed by atoms with van der Waals surface area (Å²) in [6.07, 6.45) is 0. The van der Waals surface area contributed by atoms with Crippen LogP contribution >= 0.6 is 11.8 Å². The van der Waals surface area contributed by atoms with Gasteiger partial charge in [0.25, 0.3) is 0 Å². The summed E-state index contributed by atoms with van der Waals surface area (Å²) in [5, 5.41) is 14.7. The van der Waals surface area contributed by atoms with Gasteiger partial charge in [0.2, 0.25) is 0 Å². The SMILES string of the molecule is N#Cc1ccccc1N1c2ccc3ccccc3c2Sc2c1ccc1ccccc21. The highest BCUT2D eigenvalue weighted by atomic mass is 32.2. The van der Waals surface area contributed by atoms with Crippen LogP contribution in [0.4, 0.5) is 17.1 Å². The van der Waals surface area contributed by atoms with Crippen molar-refractivity contribution in [2.75, 3.05) is 4.90 Å². The van der Waals surface area contributed by atoms with Crippen LogP contribution in [0.25, 0.3) is 21.5 Å². The molecular formula is C27H16N2S. The fourth-order valence-corrected chi connectivity index (χ4v) is 5.61. The van der Waals surface area contributed by atoms with Gasteiger partial charge < -0.3 is 4.90 Å². The second-order valence-electron chi connectivity index (χ2n) is 7.34. The first-order valence-corrected chi connectivity index (χ1v) is 10.7. The lowest BCUT2D eigenvalue weighted by Crippen LogP contribution is -2.16. The lowest BCUT2D eigenvalue weighted by molar-refractivity contribution is 1.19. The van der Waals surface area contributed by atoms with Crippen LogP contribution in [0.15, 0.2) is 107 Å². The van der Waals surface area contributed by atoms with E-state index in [9.17, 15) is 5.26 Å². The Labute approximate surface area is 179 Å². The van der Waals surface area contributed by atoms with E-state index in [1.165, 1.54) is 31.3 Å². The summed E-state index contributed by atoms with van der Waals surface area (Å²) < 4.78 is 0. The maximum atomic E-state index is 9.81. The largest absolute Gasteiger partial charge is 0.307 e. The smallest absolute Gasteiger partial charge is 0.101 e. The molecule has 140 valence electrons. The molecule has 1 aliphatic rings. The summed E-state index contributed by atoms with van der Waals surface area (Å²) in [7, 11) is 0. The second kappa shape index (κ2) is 6.66. The number of benzene rings is 5. The molecule has 0 aliphatic carbocycles. The molecule has 3 heteroatoms. The minimum Gasteiger partial charge on any atom is -0.307 e. The van der Waals surface area contributed by atoms with E-state index < -0.39 is 0 Å². The molecular weight excluding hydrogens is 384 g/mol. The Bertz CT molecular complexity index is 1410. The van der Waals surface area contributed by atoms with Crippen molar-refractivity contribution in [2.24, 2.45) is 0 Å². The Kier molecular flexibility index (Phi) is 3.80. The first kappa shape index (κ1) is 17.1. The molecule has 1 heterocycles. The number of anilines is 3. The van der Waals surface area contributed by atoms with Crippen molar-refractivity contribution < 1.29 is 0 Å². The van der Waals surface area contributed by atoms with Crippen LogP contribution in [0.5, 0.6) is 0 Å². The molecule has 0 bridgehead atoms. The average Bonchev–Trinajstić information content (AvgIpc) is 2.82. The molecule has 1 aliphatic heterocycles. The van der Waals surface area contributed by atoms with Crippen molar-refractivity contribution in [3.63, 3.8) is 0 Å². The van der Waals surface area contributed by atoms with Gasteiger partial charge in [-0.25, -0.2) is 0 Å². The first-order valence-electron chi connectivity index (χ1n) is 9.86. The van der Waals surface area contributed by atoms with E-state index in [4.69, 9.17) is 0 Å². The Morgan fingerprint density at radius 3 is 1.70 bits per heavy atom. The normalized spacial score (nSPS) is 12.4. The number of hydrogen-bond donors (Lipinski definition) is 0. The number of rotatable bonds is 1. The third-order valence-electron chi connectivity index (χ3n) is 5.67. The minimum atomic E-state index is 0.669. The van der Waals surface area contributed by atoms with E-state index in [1.54, 1.807) is 0 Å². The molecule has 0 fully saturated rings. The summed E-state index contributed by atoms with van der Waals surface area (Å²) in [6, 6.07) is 35.9. The standard InChI is InChI=1S/C27H16N2S/c28-17-20-9-3-6-12-23(20)29-24-15-13-18-7-1-4-10-21(18)26(24)30-27-22-11-5-2-8-19(22)14-16-25(27)29/h1-16H. The summed E-state index contributed by atoms with van der Waals surface area (Å²) in [6.45, 7) is 0. The molecule has 30 heavy (non-hydrogen) atoms. The van der Waals surface area contributed by atoms with Crippen molar-refractivity contribution >= 4 is 50.4 Å². The van der Waals surface area contributed by atoms with E-state index in [-0.39, 0.29) is 0 Å². The molecule has 5 aromatic rings. The van der Waals surface area contributed by atoms with Gasteiger partial charge >= 0.3 is 0 Å². The number of para-hydroxylation sites is 1. The Hall–Kier alpha value is -3.74. The second-order valence-corrected chi connectivity index (χ2v) is 8.36. The average molecular weight is 401 g/mol. The maximum absolute atomic E-state index is 9.81. The fraction of sp³-hybridized carbons (Fsp3) is 0. The quantitative estimate of drug-likeness (QED) is 0.282. The van der Waals surface area contributed by atoms with Crippen LogP contribution in [0.2, 0.25) is 0 Å². The zero-order valence-electron chi connectivity index (χ0n) is 16.0. The third kappa shape index (κ3) is 2.45. The topological polar surface area (TPSA) is 27.0 Å². The highest BCUT2D eigenvalue weighted by molar-refractivity contribution is 8.00. The van der Waals surface area contributed by atoms with Gasteiger partial charge in [-0.15, -0.1) is 0 Å². The third-order valence-corrected chi connectivity index (χ3v) is 6.94. The fourth-order valence-electron chi connectivity index (χ4n) is 4.28. The molecule has 0 amide bonds. The van der Waals surface area contributed by atoms with Crippen LogP contribution in [-0.4, -0.2) is 0 Å². The molecule has 0 saturated heterocycles. The number of nitriles is 1. The van der Waals surface area contributed by atoms with E-state index in [0.717, 1.165) is 17.1 Å². The molecule has 0 saturated carbocycles. The lowest BCUT2D eigenvalue weighted by Gasteiger charge is -2.34. The Morgan fingerprint density at radius 2 is 1.10 bits per heavy atom. The molecule has 0 spiro atoms. The van der Waals surface area contributed by atoms with Gasteiger partial charge in [0, 0.05) is 9.79 Å². The van der Waals surface area contributed by atoms with Gasteiger partial charge in [-0.2, -0.15) is 5.26 Å². The van der Waals surface area contributed by atoms with Crippen LogP contribution < -0.4 is 4.90 Å². The van der Waals surface area contributed by atoms with Gasteiger partial charge in [-0.05, 0) is 45.8 Å². The van der Waals surface area contributed by atoms with Crippen LogP contribution in [0.1, 0.15) is 5.56 Å². The van der Waals surface area contributed by atoms with E-state index >= 15 is 0 Å². The zero-order valence-corrected chi connectivity index (χ0v) is 16.9. The monoisotopic (exact) mass is 400 g/mol. The summed E-state index contributed by atoms with van der Waals surface area (Å²) >= 11 is 1.83. The van der Waals surface area contributed by atoms with Gasteiger partial charge in [0.15, 0.2) is 0 Å². The Balaban J connectivity index is 1.74. The molecule has 0 N–H and O–H groups in total. The highest BCUT2D eigenvalue weighted by Gasteiger charge is 2.28. The molecule has 0 atom stereocenters. The van der Waals surface area contributed by atoms with Gasteiger partial charge in [0.1, 0.15) is 6.07 Å². The van der Waals surface area contributed by atoms with Crippen molar-refractivity contribution in [2.45, 2.75) is 9.79 Å². The van der Waals surface area contributed by atoms with Crippen molar-refractivity contribution in [3.05, 3.63) is 103 Å². The summed E-state index contributed by atoms with van der Waals surface area (Å²) in [5.74, 6) is 0. The molecule has 5 aromatic carbocycles. The first-order chi connectivity index (χ1) is 14.8. The molecule has 0 radical (unpaired) electrons. The van der Waals surface area contributed by atoms with Gasteiger partial charge in [-0.3, -0.25) is 0 Å². The number of nitrogens with zero attached hydrogens (tertiary/aromatic N) is 2. The van der Waals surface area contributed by atoms with Gasteiger partial charge in [-0.1, -0.05) is 84.6 Å². The van der Waals surface area contributed by atoms with Crippen molar-refractivity contribution in [3.8, 4) is 6.07 Å². The molecule has 2 nitrogen and oxygen atoms in total. The lowest BCUT2D eigenvalue weighted by atomic mass is 10.0. The molecule has 0 aromatic heterocycles. The number of fused-ring (bicyclic) bond motifs is 6. The summed E-state index contributed by atoms with van der Waals surface area (Å²) in [5.41, 5.74) is 3.81. The van der Waals surface area contributed by atoms with Crippen LogP contribution in [0, 0.1) is 11.3 Å². The number of hydrogen-bond acceptors (Lipinski definition) is 3. The van der Waals surface area contributed by atoms with E-state index in [2.05, 4.69) is 83.8 Å². The van der Waals surface area contributed by atoms with E-state index in [0.29, 0.717) is 5.56 Å². The zero-order chi connectivity index (χ0) is 20.1. The van der Waals surface area contributed by atoms with Crippen LogP contribution in [0.3, 0.4) is 0 Å². The predicted octanol–water partition coefficient (Wildman–Crippen LogP) is 7.80. The van der Waals surface area contributed by atoms with E-state index in [1.807, 2.05) is 36.0 Å². The maximum Gasteiger partial charge on any atom is 0.101 e. The predicted molar refractivity (Wildman–Crippen MR) is 125 cm³/mol. The summed E-state index contributed by atoms with van der Waals surface area (Å²) in [4.78, 5) is 4.70. The van der Waals surface area contributed by atoms with Crippen LogP contribution in [-0.2, 0) is 0 Å². The van der Waals surface area contributed by atoms with Crippen molar-refractivity contribution in [1.29, 1.82) is 5.26 Å². The molecule has 0 unspecified atom stereocenters. The molecule has 6 rings (SSSR count). The Morgan fingerprint density at radius 1 is 0.567 bits per heavy atom. The van der Waals surface area contributed by atoms with Crippen molar-refractivity contribution in [1.82, 2.24) is 0 Å². The highest BCUT2D eigenvalue weighted by Crippen LogP contribution is 2.55. The minimum absolute atomic E-state index is 0.669.